The third kappa shape index (κ3) is 3.53. The SMILES string of the molecule is CC(N)C1(c2cc(F)ccc2NC(=O)OC(C)(C)C)CC1. The summed E-state index contributed by atoms with van der Waals surface area (Å²) in [6.07, 6.45) is 1.25. The van der Waals surface area contributed by atoms with Crippen LogP contribution in [0.1, 0.15) is 46.1 Å². The lowest BCUT2D eigenvalue weighted by Gasteiger charge is -2.25. The molecule has 0 aromatic heterocycles. The lowest BCUT2D eigenvalue weighted by atomic mass is 9.88. The van der Waals surface area contributed by atoms with Crippen molar-refractivity contribution in [3.8, 4) is 0 Å². The Balaban J connectivity index is 2.27. The van der Waals surface area contributed by atoms with Crippen LogP contribution < -0.4 is 11.1 Å². The molecule has 1 aromatic rings. The van der Waals surface area contributed by atoms with Gasteiger partial charge in [-0.05, 0) is 64.3 Å². The van der Waals surface area contributed by atoms with Gasteiger partial charge in [-0.15, -0.1) is 0 Å². The molecule has 1 aliphatic carbocycles. The smallest absolute Gasteiger partial charge is 0.412 e. The molecule has 21 heavy (non-hydrogen) atoms. The van der Waals surface area contributed by atoms with Gasteiger partial charge in [-0.1, -0.05) is 0 Å². The monoisotopic (exact) mass is 294 g/mol. The first-order valence-corrected chi connectivity index (χ1v) is 7.20. The van der Waals surface area contributed by atoms with Crippen molar-refractivity contribution in [2.24, 2.45) is 5.73 Å². The fourth-order valence-electron chi connectivity index (χ4n) is 2.56. The molecule has 1 fully saturated rings. The first-order valence-electron chi connectivity index (χ1n) is 7.20. The molecule has 0 spiro atoms. The number of hydrogen-bond acceptors (Lipinski definition) is 3. The Morgan fingerprint density at radius 3 is 2.52 bits per heavy atom. The maximum Gasteiger partial charge on any atom is 0.412 e. The van der Waals surface area contributed by atoms with Crippen LogP contribution in [0, 0.1) is 5.82 Å². The Hall–Kier alpha value is -1.62. The zero-order valence-corrected chi connectivity index (χ0v) is 13.0. The molecule has 0 heterocycles. The molecule has 5 heteroatoms. The van der Waals surface area contributed by atoms with Gasteiger partial charge in [0.1, 0.15) is 11.4 Å². The lowest BCUT2D eigenvalue weighted by molar-refractivity contribution is 0.0635. The average molecular weight is 294 g/mol. The molecule has 2 rings (SSSR count). The van der Waals surface area contributed by atoms with Gasteiger partial charge in [0.2, 0.25) is 0 Å². The fraction of sp³-hybridized carbons (Fsp3) is 0.562. The normalized spacial score (nSPS) is 18.0. The number of halogens is 1. The van der Waals surface area contributed by atoms with Crippen LogP contribution in [0.15, 0.2) is 18.2 Å². The second-order valence-corrected chi connectivity index (χ2v) is 6.76. The minimum absolute atomic E-state index is 0.0986. The summed E-state index contributed by atoms with van der Waals surface area (Å²) in [6.45, 7) is 7.29. The van der Waals surface area contributed by atoms with Crippen molar-refractivity contribution in [3.05, 3.63) is 29.6 Å². The summed E-state index contributed by atoms with van der Waals surface area (Å²) in [5, 5.41) is 2.71. The summed E-state index contributed by atoms with van der Waals surface area (Å²) < 4.78 is 18.8. The lowest BCUT2D eigenvalue weighted by Crippen LogP contribution is -2.33. The topological polar surface area (TPSA) is 64.3 Å². The molecule has 1 aromatic carbocycles. The van der Waals surface area contributed by atoms with Crippen LogP contribution in [-0.2, 0) is 10.2 Å². The summed E-state index contributed by atoms with van der Waals surface area (Å²) in [7, 11) is 0. The number of amides is 1. The number of nitrogens with one attached hydrogen (secondary N) is 1. The summed E-state index contributed by atoms with van der Waals surface area (Å²) >= 11 is 0. The number of nitrogens with two attached hydrogens (primary N) is 1. The van der Waals surface area contributed by atoms with Crippen LogP contribution in [0.2, 0.25) is 0 Å². The van der Waals surface area contributed by atoms with Gasteiger partial charge in [0, 0.05) is 17.1 Å². The van der Waals surface area contributed by atoms with Crippen molar-refractivity contribution >= 4 is 11.8 Å². The van der Waals surface area contributed by atoms with E-state index in [1.165, 1.54) is 12.1 Å². The van der Waals surface area contributed by atoms with Gasteiger partial charge in [-0.2, -0.15) is 0 Å². The average Bonchev–Trinajstić information content (AvgIpc) is 3.10. The van der Waals surface area contributed by atoms with Crippen LogP contribution in [0.4, 0.5) is 14.9 Å². The number of rotatable bonds is 3. The Labute approximate surface area is 124 Å². The number of anilines is 1. The second kappa shape index (κ2) is 5.30. The summed E-state index contributed by atoms with van der Waals surface area (Å²) in [4.78, 5) is 11.9. The Morgan fingerprint density at radius 1 is 1.43 bits per heavy atom. The van der Waals surface area contributed by atoms with E-state index in [-0.39, 0.29) is 17.3 Å². The number of hydrogen-bond donors (Lipinski definition) is 2. The van der Waals surface area contributed by atoms with E-state index in [0.717, 1.165) is 18.4 Å². The van der Waals surface area contributed by atoms with Gasteiger partial charge < -0.3 is 10.5 Å². The van der Waals surface area contributed by atoms with E-state index >= 15 is 0 Å². The molecule has 3 N–H and O–H groups in total. The molecule has 4 nitrogen and oxygen atoms in total. The number of benzene rings is 1. The Bertz CT molecular complexity index is 546. The van der Waals surface area contributed by atoms with Crippen molar-refractivity contribution in [1.29, 1.82) is 0 Å². The van der Waals surface area contributed by atoms with Gasteiger partial charge in [-0.25, -0.2) is 9.18 Å². The third-order valence-corrected chi connectivity index (χ3v) is 3.81. The maximum atomic E-state index is 13.6. The first kappa shape index (κ1) is 15.8. The molecule has 0 bridgehead atoms. The molecule has 1 aliphatic rings. The molecule has 0 saturated heterocycles. The molecule has 1 atom stereocenters. The van der Waals surface area contributed by atoms with Crippen LogP contribution in [-0.4, -0.2) is 17.7 Å². The van der Waals surface area contributed by atoms with Crippen molar-refractivity contribution in [1.82, 2.24) is 0 Å². The number of carbonyl (C=O) groups excluding carboxylic acids is 1. The standard InChI is InChI=1S/C16H23FN2O2/c1-10(18)16(7-8-16)12-9-11(17)5-6-13(12)19-14(20)21-15(2,3)4/h5-6,9-10H,7-8,18H2,1-4H3,(H,19,20). The molecule has 1 saturated carbocycles. The van der Waals surface area contributed by atoms with Crippen molar-refractivity contribution < 1.29 is 13.9 Å². The zero-order chi connectivity index (χ0) is 15.8. The van der Waals surface area contributed by atoms with Gasteiger partial charge in [0.15, 0.2) is 0 Å². The minimum Gasteiger partial charge on any atom is -0.444 e. The molecular weight excluding hydrogens is 271 g/mol. The molecular formula is C16H23FN2O2. The highest BCUT2D eigenvalue weighted by Gasteiger charge is 2.49. The van der Waals surface area contributed by atoms with E-state index in [2.05, 4.69) is 5.32 Å². The first-order chi connectivity index (χ1) is 9.64. The van der Waals surface area contributed by atoms with Gasteiger partial charge in [0.05, 0.1) is 0 Å². The molecule has 0 radical (unpaired) electrons. The number of carbonyl (C=O) groups is 1. The van der Waals surface area contributed by atoms with E-state index in [1.54, 1.807) is 26.8 Å². The van der Waals surface area contributed by atoms with Crippen LogP contribution in [0.25, 0.3) is 0 Å². The van der Waals surface area contributed by atoms with E-state index in [9.17, 15) is 9.18 Å². The van der Waals surface area contributed by atoms with Gasteiger partial charge >= 0.3 is 6.09 Å². The third-order valence-electron chi connectivity index (χ3n) is 3.81. The summed E-state index contributed by atoms with van der Waals surface area (Å²) in [5.74, 6) is -0.327. The molecule has 0 aliphatic heterocycles. The maximum absolute atomic E-state index is 13.6. The Kier molecular flexibility index (Phi) is 3.97. The van der Waals surface area contributed by atoms with Crippen molar-refractivity contribution in [3.63, 3.8) is 0 Å². The molecule has 116 valence electrons. The summed E-state index contributed by atoms with van der Waals surface area (Å²) in [6, 6.07) is 4.26. The minimum atomic E-state index is -0.581. The highest BCUT2D eigenvalue weighted by molar-refractivity contribution is 5.86. The van der Waals surface area contributed by atoms with E-state index in [4.69, 9.17) is 10.5 Å². The zero-order valence-electron chi connectivity index (χ0n) is 13.0. The highest BCUT2D eigenvalue weighted by Crippen LogP contribution is 2.52. The van der Waals surface area contributed by atoms with E-state index < -0.39 is 11.7 Å². The van der Waals surface area contributed by atoms with Crippen molar-refractivity contribution in [2.45, 2.75) is 57.6 Å². The quantitative estimate of drug-likeness (QED) is 0.896. The van der Waals surface area contributed by atoms with E-state index in [1.807, 2.05) is 6.92 Å². The second-order valence-electron chi connectivity index (χ2n) is 6.76. The highest BCUT2D eigenvalue weighted by atomic mass is 19.1. The molecule has 1 amide bonds. The van der Waals surface area contributed by atoms with Crippen molar-refractivity contribution in [2.75, 3.05) is 5.32 Å². The van der Waals surface area contributed by atoms with Crippen LogP contribution >= 0.6 is 0 Å². The fourth-order valence-corrected chi connectivity index (χ4v) is 2.56. The van der Waals surface area contributed by atoms with Crippen LogP contribution in [0.3, 0.4) is 0 Å². The molecule has 1 unspecified atom stereocenters. The predicted octanol–water partition coefficient (Wildman–Crippen LogP) is 3.55. The van der Waals surface area contributed by atoms with E-state index in [0.29, 0.717) is 5.69 Å². The number of ether oxygens (including phenoxy) is 1. The van der Waals surface area contributed by atoms with Gasteiger partial charge in [0.25, 0.3) is 0 Å². The largest absolute Gasteiger partial charge is 0.444 e. The van der Waals surface area contributed by atoms with Gasteiger partial charge in [-0.3, -0.25) is 5.32 Å². The predicted molar refractivity (Wildman–Crippen MR) is 80.8 cm³/mol. The summed E-state index contributed by atoms with van der Waals surface area (Å²) in [5.41, 5.74) is 6.55. The van der Waals surface area contributed by atoms with Crippen LogP contribution in [0.5, 0.6) is 0 Å². The Morgan fingerprint density at radius 2 is 2.05 bits per heavy atom.